The average molecular weight is 231 g/mol. The van der Waals surface area contributed by atoms with E-state index in [4.69, 9.17) is 0 Å². The first-order valence-corrected chi connectivity index (χ1v) is 7.99. The predicted octanol–water partition coefficient (Wildman–Crippen LogP) is 3.95. The largest absolute Gasteiger partial charge is 0.306 e. The van der Waals surface area contributed by atoms with Crippen LogP contribution in [0.5, 0.6) is 0 Å². The summed E-state index contributed by atoms with van der Waals surface area (Å²) in [5, 5.41) is 0. The summed E-state index contributed by atoms with van der Waals surface area (Å²) >= 11 is 0. The van der Waals surface area contributed by atoms with Crippen LogP contribution in [0.2, 0.25) is 0 Å². The Bertz CT molecular complexity index is 240. The van der Waals surface area contributed by atoms with Gasteiger partial charge in [0, 0.05) is 23.4 Å². The molecule has 0 aliphatic carbocycles. The van der Waals surface area contributed by atoms with E-state index in [1.54, 1.807) is 0 Å². The Balaban J connectivity index is 3.05. The summed E-state index contributed by atoms with van der Waals surface area (Å²) in [5.74, 6) is 0. The molecule has 0 saturated carbocycles. The summed E-state index contributed by atoms with van der Waals surface area (Å²) in [6.07, 6.45) is 2.27. The summed E-state index contributed by atoms with van der Waals surface area (Å²) in [5.41, 5.74) is 0.773. The number of rotatable bonds is 3. The molecule has 1 unspecified atom stereocenters. The zero-order chi connectivity index (χ0) is 11.8. The second kappa shape index (κ2) is 4.59. The standard InChI is InChI=1S/C12H26NOP/c1-9(2)13(10(3)4)15(14)11(5)7-8-12(15)6/h9-12H,7-8H2,1-6H3/t11-,12+,15?. The van der Waals surface area contributed by atoms with Gasteiger partial charge < -0.3 is 4.57 Å². The third kappa shape index (κ3) is 2.17. The van der Waals surface area contributed by atoms with Crippen LogP contribution in [0.25, 0.3) is 0 Å². The first-order chi connectivity index (χ1) is 6.81. The molecule has 0 aromatic rings. The highest BCUT2D eigenvalue weighted by Gasteiger charge is 2.47. The summed E-state index contributed by atoms with van der Waals surface area (Å²) in [6.45, 7) is 13.0. The molecule has 0 aromatic carbocycles. The molecule has 0 radical (unpaired) electrons. The van der Waals surface area contributed by atoms with Gasteiger partial charge in [-0.05, 0) is 40.5 Å². The van der Waals surface area contributed by atoms with E-state index in [1.165, 1.54) is 0 Å². The smallest absolute Gasteiger partial charge is 0.156 e. The fraction of sp³-hybridized carbons (Fsp3) is 1.00. The van der Waals surface area contributed by atoms with Gasteiger partial charge in [0.05, 0.1) is 0 Å². The van der Waals surface area contributed by atoms with Gasteiger partial charge >= 0.3 is 0 Å². The molecule has 90 valence electrons. The fourth-order valence-corrected chi connectivity index (χ4v) is 7.32. The van der Waals surface area contributed by atoms with Gasteiger partial charge in [-0.1, -0.05) is 13.8 Å². The average Bonchev–Trinajstić information content (AvgIpc) is 2.32. The molecule has 0 spiro atoms. The quantitative estimate of drug-likeness (QED) is 0.685. The van der Waals surface area contributed by atoms with E-state index in [0.29, 0.717) is 23.4 Å². The molecule has 0 aromatic heterocycles. The van der Waals surface area contributed by atoms with Gasteiger partial charge in [0.1, 0.15) is 0 Å². The van der Waals surface area contributed by atoms with E-state index in [9.17, 15) is 4.57 Å². The van der Waals surface area contributed by atoms with Crippen LogP contribution in [0.4, 0.5) is 0 Å². The Kier molecular flexibility index (Phi) is 4.06. The lowest BCUT2D eigenvalue weighted by atomic mass is 10.2. The van der Waals surface area contributed by atoms with E-state index in [2.05, 4.69) is 46.2 Å². The minimum absolute atomic E-state index is 0.386. The highest BCUT2D eigenvalue weighted by Crippen LogP contribution is 2.66. The SMILES string of the molecule is CC(C)N(C(C)C)P1(=O)[C@H](C)CC[C@@H]1C. The Morgan fingerprint density at radius 3 is 1.60 bits per heavy atom. The Morgan fingerprint density at radius 1 is 1.00 bits per heavy atom. The van der Waals surface area contributed by atoms with E-state index in [1.807, 2.05) is 0 Å². The fourth-order valence-electron chi connectivity index (χ4n) is 3.06. The van der Waals surface area contributed by atoms with Gasteiger partial charge in [0.2, 0.25) is 0 Å². The molecule has 1 aliphatic heterocycles. The second-order valence-electron chi connectivity index (χ2n) is 5.52. The molecule has 1 aliphatic rings. The maximum Gasteiger partial charge on any atom is 0.156 e. The Morgan fingerprint density at radius 2 is 1.33 bits per heavy atom. The van der Waals surface area contributed by atoms with Crippen molar-refractivity contribution in [2.45, 2.75) is 77.8 Å². The lowest BCUT2D eigenvalue weighted by Crippen LogP contribution is -2.37. The van der Waals surface area contributed by atoms with Gasteiger partial charge in [0.15, 0.2) is 7.29 Å². The van der Waals surface area contributed by atoms with Crippen molar-refractivity contribution in [3.63, 3.8) is 0 Å². The van der Waals surface area contributed by atoms with Crippen LogP contribution >= 0.6 is 7.29 Å². The van der Waals surface area contributed by atoms with Crippen molar-refractivity contribution in [2.75, 3.05) is 0 Å². The van der Waals surface area contributed by atoms with Gasteiger partial charge in [-0.2, -0.15) is 0 Å². The zero-order valence-corrected chi connectivity index (χ0v) is 11.9. The molecule has 1 heterocycles. The van der Waals surface area contributed by atoms with Crippen LogP contribution in [-0.2, 0) is 4.57 Å². The Hall–Kier alpha value is 0.190. The van der Waals surface area contributed by atoms with Crippen molar-refractivity contribution in [1.82, 2.24) is 4.67 Å². The van der Waals surface area contributed by atoms with Crippen LogP contribution in [0.3, 0.4) is 0 Å². The molecule has 1 rings (SSSR count). The van der Waals surface area contributed by atoms with E-state index < -0.39 is 7.29 Å². The van der Waals surface area contributed by atoms with Gasteiger partial charge in [-0.15, -0.1) is 0 Å². The van der Waals surface area contributed by atoms with Crippen molar-refractivity contribution in [2.24, 2.45) is 0 Å². The molecule has 15 heavy (non-hydrogen) atoms. The zero-order valence-electron chi connectivity index (χ0n) is 11.0. The molecular weight excluding hydrogens is 205 g/mol. The summed E-state index contributed by atoms with van der Waals surface area (Å²) < 4.78 is 15.5. The van der Waals surface area contributed by atoms with Crippen LogP contribution in [-0.4, -0.2) is 28.1 Å². The molecule has 1 saturated heterocycles. The molecule has 3 atom stereocenters. The second-order valence-corrected chi connectivity index (χ2v) is 9.09. The normalized spacial score (nSPS) is 37.1. The Labute approximate surface area is 94.9 Å². The van der Waals surface area contributed by atoms with Crippen LogP contribution in [0.1, 0.15) is 54.4 Å². The van der Waals surface area contributed by atoms with E-state index in [0.717, 1.165) is 12.8 Å². The predicted molar refractivity (Wildman–Crippen MR) is 67.9 cm³/mol. The monoisotopic (exact) mass is 231 g/mol. The summed E-state index contributed by atoms with van der Waals surface area (Å²) in [6, 6.07) is 0.776. The molecular formula is C12H26NOP. The molecule has 2 nitrogen and oxygen atoms in total. The van der Waals surface area contributed by atoms with E-state index in [-0.39, 0.29) is 0 Å². The highest BCUT2D eigenvalue weighted by molar-refractivity contribution is 7.63. The number of hydrogen-bond donors (Lipinski definition) is 0. The first kappa shape index (κ1) is 13.3. The summed E-state index contributed by atoms with van der Waals surface area (Å²) in [4.78, 5) is 0. The lowest BCUT2D eigenvalue weighted by molar-refractivity contribution is 0.295. The van der Waals surface area contributed by atoms with Crippen LogP contribution in [0.15, 0.2) is 0 Å². The number of hydrogen-bond acceptors (Lipinski definition) is 1. The number of nitrogens with zero attached hydrogens (tertiary/aromatic N) is 1. The third-order valence-corrected chi connectivity index (χ3v) is 8.37. The van der Waals surface area contributed by atoms with Gasteiger partial charge in [0.25, 0.3) is 0 Å². The molecule has 0 N–H and O–H groups in total. The topological polar surface area (TPSA) is 20.3 Å². The molecule has 0 amide bonds. The van der Waals surface area contributed by atoms with Gasteiger partial charge in [-0.25, -0.2) is 4.67 Å². The van der Waals surface area contributed by atoms with Gasteiger partial charge in [-0.3, -0.25) is 0 Å². The molecule has 1 fully saturated rings. The summed E-state index contributed by atoms with van der Waals surface area (Å²) in [7, 11) is -2.14. The minimum atomic E-state index is -2.14. The minimum Gasteiger partial charge on any atom is -0.306 e. The molecule has 3 heteroatoms. The lowest BCUT2D eigenvalue weighted by Gasteiger charge is -2.40. The van der Waals surface area contributed by atoms with Crippen molar-refractivity contribution in [1.29, 1.82) is 0 Å². The van der Waals surface area contributed by atoms with Crippen molar-refractivity contribution < 1.29 is 4.57 Å². The maximum atomic E-state index is 13.2. The third-order valence-electron chi connectivity index (χ3n) is 3.68. The van der Waals surface area contributed by atoms with E-state index >= 15 is 0 Å². The van der Waals surface area contributed by atoms with Crippen molar-refractivity contribution >= 4 is 7.29 Å². The van der Waals surface area contributed by atoms with Crippen molar-refractivity contribution in [3.05, 3.63) is 0 Å². The van der Waals surface area contributed by atoms with Crippen molar-refractivity contribution in [3.8, 4) is 0 Å². The molecule has 0 bridgehead atoms. The first-order valence-electron chi connectivity index (χ1n) is 6.20. The van der Waals surface area contributed by atoms with Crippen LogP contribution < -0.4 is 0 Å². The maximum absolute atomic E-state index is 13.2. The van der Waals surface area contributed by atoms with Crippen LogP contribution in [0, 0.1) is 0 Å². The highest BCUT2D eigenvalue weighted by atomic mass is 31.2.